The van der Waals surface area contributed by atoms with Gasteiger partial charge in [0.2, 0.25) is 0 Å². The molecule has 0 bridgehead atoms. The molecule has 3 rings (SSSR count). The zero-order valence-corrected chi connectivity index (χ0v) is 15.8. The zero-order valence-electron chi connectivity index (χ0n) is 14.2. The first-order valence-corrected chi connectivity index (χ1v) is 10.2. The van der Waals surface area contributed by atoms with Crippen molar-refractivity contribution in [3.8, 4) is 0 Å². The predicted molar refractivity (Wildman–Crippen MR) is 98.7 cm³/mol. The first-order chi connectivity index (χ1) is 11.4. The van der Waals surface area contributed by atoms with Gasteiger partial charge in [-0.05, 0) is 57.8 Å². The van der Waals surface area contributed by atoms with Crippen molar-refractivity contribution in [3.05, 3.63) is 17.8 Å². The van der Waals surface area contributed by atoms with Crippen LogP contribution in [0.5, 0.6) is 0 Å². The number of aromatic nitrogens is 2. The molecule has 7 heteroatoms. The molecule has 0 radical (unpaired) electrons. The summed E-state index contributed by atoms with van der Waals surface area (Å²) < 4.78 is 1.90. The van der Waals surface area contributed by atoms with Gasteiger partial charge in [-0.1, -0.05) is 11.8 Å². The number of hydrogen-bond acceptors (Lipinski definition) is 6. The number of nitrogens with one attached hydrogen (secondary N) is 1. The van der Waals surface area contributed by atoms with Crippen molar-refractivity contribution in [1.29, 1.82) is 0 Å². The molecule has 1 fully saturated rings. The summed E-state index contributed by atoms with van der Waals surface area (Å²) in [6, 6.07) is 2.05. The fourth-order valence-corrected chi connectivity index (χ4v) is 4.70. The lowest BCUT2D eigenvalue weighted by molar-refractivity contribution is -0.00257. The van der Waals surface area contributed by atoms with E-state index in [1.54, 1.807) is 29.3 Å². The first-order valence-electron chi connectivity index (χ1n) is 8.20. The maximum atomic E-state index is 12.5. The summed E-state index contributed by atoms with van der Waals surface area (Å²) in [5, 5.41) is 13.2. The Labute approximate surface area is 150 Å². The molecule has 1 aliphatic rings. The lowest BCUT2D eigenvalue weighted by Gasteiger charge is -2.36. The minimum absolute atomic E-state index is 0.0739. The molecule has 0 spiro atoms. The maximum Gasteiger partial charge on any atom is 0.253 e. The molecule has 0 unspecified atom stereocenters. The van der Waals surface area contributed by atoms with E-state index in [9.17, 15) is 9.90 Å². The summed E-state index contributed by atoms with van der Waals surface area (Å²) in [6.45, 7) is 3.74. The monoisotopic (exact) mass is 365 g/mol. The van der Waals surface area contributed by atoms with Gasteiger partial charge in [-0.15, -0.1) is 11.3 Å². The van der Waals surface area contributed by atoms with Crippen LogP contribution in [-0.4, -0.2) is 38.9 Å². The van der Waals surface area contributed by atoms with Crippen molar-refractivity contribution in [2.24, 2.45) is 5.92 Å². The fraction of sp³-hybridized carbons (Fsp3) is 0.588. The summed E-state index contributed by atoms with van der Waals surface area (Å²) >= 11 is 3.15. The molecule has 1 aliphatic carbocycles. The van der Waals surface area contributed by atoms with Crippen LogP contribution in [-0.2, 0) is 0 Å². The predicted octanol–water partition coefficient (Wildman–Crippen LogP) is 3.47. The Hall–Kier alpha value is -1.18. The van der Waals surface area contributed by atoms with Crippen molar-refractivity contribution < 1.29 is 9.90 Å². The molecule has 130 valence electrons. The van der Waals surface area contributed by atoms with Crippen molar-refractivity contribution >= 4 is 39.4 Å². The van der Waals surface area contributed by atoms with E-state index in [0.717, 1.165) is 34.7 Å². The quantitative estimate of drug-likeness (QED) is 0.812. The highest BCUT2D eigenvalue weighted by Crippen LogP contribution is 2.32. The molecule has 1 amide bonds. The lowest BCUT2D eigenvalue weighted by atomic mass is 9.77. The molecule has 1 saturated carbocycles. The van der Waals surface area contributed by atoms with E-state index in [-0.39, 0.29) is 11.9 Å². The van der Waals surface area contributed by atoms with Crippen LogP contribution >= 0.6 is 23.1 Å². The number of carbonyl (C=O) groups is 1. The number of aliphatic hydroxyl groups is 1. The van der Waals surface area contributed by atoms with Gasteiger partial charge in [0.1, 0.15) is 0 Å². The van der Waals surface area contributed by atoms with E-state index in [0.29, 0.717) is 17.1 Å². The Balaban J connectivity index is 1.63. The number of thioether (sulfide) groups is 1. The summed E-state index contributed by atoms with van der Waals surface area (Å²) in [5.74, 6) is 0.237. The van der Waals surface area contributed by atoms with Crippen molar-refractivity contribution in [2.45, 2.75) is 55.5 Å². The van der Waals surface area contributed by atoms with E-state index in [2.05, 4.69) is 15.3 Å². The molecule has 0 atom stereocenters. The standard InChI is InChI=1S/C17H23N3O2S2/c1-17(2,22)11-4-6-12(7-5-11)19-15(21)10-8-13-14(18-9-10)20-16(23-3)24-13/h8-9,11-12,22H,4-7H2,1-3H3,(H,19,21)/t11-,12-. The molecule has 0 saturated heterocycles. The number of hydrogen-bond donors (Lipinski definition) is 2. The Morgan fingerprint density at radius 2 is 2.08 bits per heavy atom. The van der Waals surface area contributed by atoms with E-state index >= 15 is 0 Å². The van der Waals surface area contributed by atoms with Gasteiger partial charge in [-0.25, -0.2) is 9.97 Å². The fourth-order valence-electron chi connectivity index (χ4n) is 3.22. The Morgan fingerprint density at radius 3 is 2.71 bits per heavy atom. The minimum Gasteiger partial charge on any atom is -0.390 e. The average molecular weight is 366 g/mol. The molecule has 0 aromatic carbocycles. The van der Waals surface area contributed by atoms with Crippen LogP contribution in [0, 0.1) is 5.92 Å². The third-order valence-corrected chi connectivity index (χ3v) is 6.70. The second kappa shape index (κ2) is 6.98. The number of amides is 1. The smallest absolute Gasteiger partial charge is 0.253 e. The van der Waals surface area contributed by atoms with Gasteiger partial charge in [0.25, 0.3) is 5.91 Å². The first kappa shape index (κ1) is 17.6. The van der Waals surface area contributed by atoms with E-state index < -0.39 is 5.60 Å². The zero-order chi connectivity index (χ0) is 17.3. The molecule has 5 nitrogen and oxygen atoms in total. The van der Waals surface area contributed by atoms with Crippen LogP contribution < -0.4 is 5.32 Å². The van der Waals surface area contributed by atoms with Gasteiger partial charge in [0, 0.05) is 12.2 Å². The Kier molecular flexibility index (Phi) is 5.13. The van der Waals surface area contributed by atoms with Crippen molar-refractivity contribution in [3.63, 3.8) is 0 Å². The highest BCUT2D eigenvalue weighted by molar-refractivity contribution is 8.00. The second-order valence-electron chi connectivity index (χ2n) is 6.91. The Bertz CT molecular complexity index is 731. The number of nitrogens with zero attached hydrogens (tertiary/aromatic N) is 2. The molecule has 2 aromatic heterocycles. The summed E-state index contributed by atoms with van der Waals surface area (Å²) in [4.78, 5) is 21.2. The van der Waals surface area contributed by atoms with E-state index in [4.69, 9.17) is 0 Å². The van der Waals surface area contributed by atoms with Gasteiger partial charge in [-0.3, -0.25) is 4.79 Å². The second-order valence-corrected chi connectivity index (χ2v) is 8.99. The van der Waals surface area contributed by atoms with Crippen LogP contribution in [0.15, 0.2) is 16.6 Å². The Morgan fingerprint density at radius 1 is 1.38 bits per heavy atom. The number of pyridine rings is 1. The van der Waals surface area contributed by atoms with Crippen LogP contribution in [0.2, 0.25) is 0 Å². The number of fused-ring (bicyclic) bond motifs is 1. The third-order valence-electron chi connectivity index (χ3n) is 4.73. The van der Waals surface area contributed by atoms with Crippen LogP contribution in [0.4, 0.5) is 0 Å². The van der Waals surface area contributed by atoms with E-state index in [1.165, 1.54) is 0 Å². The molecular weight excluding hydrogens is 342 g/mol. The number of carbonyl (C=O) groups excluding carboxylic acids is 1. The normalized spacial score (nSPS) is 21.8. The molecular formula is C17H23N3O2S2. The SMILES string of the molecule is CSc1nc2ncc(C(=O)N[C@H]3CC[C@H](C(C)(C)O)CC3)cc2s1. The lowest BCUT2D eigenvalue weighted by Crippen LogP contribution is -2.41. The number of thiazole rings is 1. The van der Waals surface area contributed by atoms with E-state index in [1.807, 2.05) is 26.2 Å². The van der Waals surface area contributed by atoms with Gasteiger partial charge in [0.05, 0.1) is 15.9 Å². The van der Waals surface area contributed by atoms with Gasteiger partial charge in [-0.2, -0.15) is 0 Å². The van der Waals surface area contributed by atoms with Crippen molar-refractivity contribution in [2.75, 3.05) is 6.26 Å². The van der Waals surface area contributed by atoms with Crippen molar-refractivity contribution in [1.82, 2.24) is 15.3 Å². The van der Waals surface area contributed by atoms with Gasteiger partial charge >= 0.3 is 0 Å². The summed E-state index contributed by atoms with van der Waals surface area (Å²) in [5.41, 5.74) is 0.653. The van der Waals surface area contributed by atoms with Gasteiger partial charge < -0.3 is 10.4 Å². The van der Waals surface area contributed by atoms with Crippen LogP contribution in [0.25, 0.3) is 10.3 Å². The largest absolute Gasteiger partial charge is 0.390 e. The maximum absolute atomic E-state index is 12.5. The average Bonchev–Trinajstić information content (AvgIpc) is 2.96. The molecule has 2 N–H and O–H groups in total. The topological polar surface area (TPSA) is 75.1 Å². The molecule has 2 heterocycles. The molecule has 2 aromatic rings. The van der Waals surface area contributed by atoms with Gasteiger partial charge in [0.15, 0.2) is 9.99 Å². The number of rotatable bonds is 4. The van der Waals surface area contributed by atoms with Crippen LogP contribution in [0.3, 0.4) is 0 Å². The molecule has 24 heavy (non-hydrogen) atoms. The van der Waals surface area contributed by atoms with Crippen LogP contribution in [0.1, 0.15) is 49.9 Å². The summed E-state index contributed by atoms with van der Waals surface area (Å²) in [7, 11) is 0. The highest BCUT2D eigenvalue weighted by Gasteiger charge is 2.31. The molecule has 0 aliphatic heterocycles. The summed E-state index contributed by atoms with van der Waals surface area (Å²) in [6.07, 6.45) is 7.29. The highest BCUT2D eigenvalue weighted by atomic mass is 32.2. The minimum atomic E-state index is -0.634. The third kappa shape index (κ3) is 3.90.